The average Bonchev–Trinajstić information content (AvgIpc) is 2.91. The summed E-state index contributed by atoms with van der Waals surface area (Å²) >= 11 is 17.8. The number of thiophene rings is 1. The van der Waals surface area contributed by atoms with Crippen LogP contribution in [-0.2, 0) is 0 Å². The molecule has 0 fully saturated rings. The topological polar surface area (TPSA) is 42.0 Å². The van der Waals surface area contributed by atoms with Crippen LogP contribution in [0.2, 0.25) is 8.67 Å². The van der Waals surface area contributed by atoms with Crippen LogP contribution in [0.3, 0.4) is 0 Å². The minimum Gasteiger partial charge on any atom is -0.298 e. The molecule has 2 heterocycles. The molecule has 20 heavy (non-hydrogen) atoms. The van der Waals surface area contributed by atoms with Crippen molar-refractivity contribution in [3.05, 3.63) is 43.0 Å². The number of nitrogens with zero attached hydrogens (tertiary/aromatic N) is 1. The molecular weight excluding hydrogens is 403 g/mol. The van der Waals surface area contributed by atoms with E-state index in [4.69, 9.17) is 23.2 Å². The lowest BCUT2D eigenvalue weighted by molar-refractivity contribution is 0.102. The SMILES string of the molecule is O=C(Nc1nc2ccc(Br)cc2s1)c1cc(Cl)sc1Cl. The number of hydrogen-bond acceptors (Lipinski definition) is 4. The van der Waals surface area contributed by atoms with E-state index in [0.717, 1.165) is 26.0 Å². The summed E-state index contributed by atoms with van der Waals surface area (Å²) in [6, 6.07) is 7.30. The Balaban J connectivity index is 1.89. The van der Waals surface area contributed by atoms with Crippen LogP contribution >= 0.6 is 61.8 Å². The first-order chi connectivity index (χ1) is 9.52. The number of benzene rings is 1. The molecular formula is C12H5BrCl2N2OS2. The van der Waals surface area contributed by atoms with E-state index in [1.807, 2.05) is 18.2 Å². The molecule has 0 saturated heterocycles. The van der Waals surface area contributed by atoms with Crippen molar-refractivity contribution >= 4 is 83.1 Å². The highest BCUT2D eigenvalue weighted by atomic mass is 79.9. The second-order valence-electron chi connectivity index (χ2n) is 3.82. The Hall–Kier alpha value is -0.660. The Kier molecular flexibility index (Phi) is 4.01. The summed E-state index contributed by atoms with van der Waals surface area (Å²) in [5, 5.41) is 3.27. The first-order valence-electron chi connectivity index (χ1n) is 5.35. The molecule has 1 aromatic carbocycles. The van der Waals surface area contributed by atoms with Gasteiger partial charge in [-0.15, -0.1) is 11.3 Å². The van der Waals surface area contributed by atoms with Crippen LogP contribution in [0, 0.1) is 0 Å². The zero-order valence-corrected chi connectivity index (χ0v) is 14.3. The lowest BCUT2D eigenvalue weighted by Gasteiger charge is -1.98. The standard InChI is InChI=1S/C12H5BrCl2N2OS2/c13-5-1-2-7-8(3-5)19-12(16-7)17-11(18)6-4-9(14)20-10(6)15/h1-4H,(H,16,17,18). The number of aromatic nitrogens is 1. The number of halogens is 3. The summed E-state index contributed by atoms with van der Waals surface area (Å²) in [5.41, 5.74) is 1.20. The minimum atomic E-state index is -0.309. The van der Waals surface area contributed by atoms with Crippen LogP contribution in [-0.4, -0.2) is 10.9 Å². The van der Waals surface area contributed by atoms with E-state index in [-0.39, 0.29) is 5.91 Å². The fourth-order valence-electron chi connectivity index (χ4n) is 1.61. The maximum Gasteiger partial charge on any atom is 0.259 e. The van der Waals surface area contributed by atoms with Crippen LogP contribution in [0.1, 0.15) is 10.4 Å². The van der Waals surface area contributed by atoms with E-state index >= 15 is 0 Å². The summed E-state index contributed by atoms with van der Waals surface area (Å²) in [4.78, 5) is 16.5. The van der Waals surface area contributed by atoms with Gasteiger partial charge in [0, 0.05) is 4.47 Å². The predicted octanol–water partition coefficient (Wildman–Crippen LogP) is 5.68. The maximum atomic E-state index is 12.1. The highest BCUT2D eigenvalue weighted by Crippen LogP contribution is 2.33. The smallest absolute Gasteiger partial charge is 0.259 e. The number of amides is 1. The number of thiazole rings is 1. The first kappa shape index (κ1) is 14.3. The normalized spacial score (nSPS) is 10.9. The van der Waals surface area contributed by atoms with Crippen molar-refractivity contribution in [1.29, 1.82) is 0 Å². The van der Waals surface area contributed by atoms with E-state index in [0.29, 0.717) is 19.4 Å². The second kappa shape index (κ2) is 5.61. The molecule has 3 nitrogen and oxygen atoms in total. The molecule has 0 atom stereocenters. The zero-order chi connectivity index (χ0) is 14.3. The molecule has 0 aliphatic carbocycles. The summed E-state index contributed by atoms with van der Waals surface area (Å²) < 4.78 is 2.81. The lowest BCUT2D eigenvalue weighted by atomic mass is 10.3. The average molecular weight is 408 g/mol. The van der Waals surface area contributed by atoms with Crippen molar-refractivity contribution in [3.63, 3.8) is 0 Å². The highest BCUT2D eigenvalue weighted by Gasteiger charge is 2.16. The zero-order valence-electron chi connectivity index (χ0n) is 9.62. The summed E-state index contributed by atoms with van der Waals surface area (Å²) in [7, 11) is 0. The largest absolute Gasteiger partial charge is 0.298 e. The molecule has 1 N–H and O–H groups in total. The summed E-state index contributed by atoms with van der Waals surface area (Å²) in [6.45, 7) is 0. The first-order valence-corrected chi connectivity index (χ1v) is 8.53. The third kappa shape index (κ3) is 2.84. The third-order valence-corrected chi connectivity index (χ3v) is 5.39. The number of carbonyl (C=O) groups is 1. The number of fused-ring (bicyclic) bond motifs is 1. The predicted molar refractivity (Wildman–Crippen MR) is 89.6 cm³/mol. The molecule has 102 valence electrons. The van der Waals surface area contributed by atoms with Crippen molar-refractivity contribution < 1.29 is 4.79 Å². The van der Waals surface area contributed by atoms with Crippen molar-refractivity contribution in [2.75, 3.05) is 5.32 Å². The van der Waals surface area contributed by atoms with Gasteiger partial charge in [-0.2, -0.15) is 0 Å². The Labute approximate surface area is 140 Å². The molecule has 0 spiro atoms. The van der Waals surface area contributed by atoms with E-state index in [1.165, 1.54) is 11.3 Å². The van der Waals surface area contributed by atoms with Gasteiger partial charge in [-0.3, -0.25) is 10.1 Å². The molecule has 0 unspecified atom stereocenters. The van der Waals surface area contributed by atoms with Gasteiger partial charge in [0.2, 0.25) is 0 Å². The lowest BCUT2D eigenvalue weighted by Crippen LogP contribution is -2.10. The fraction of sp³-hybridized carbons (Fsp3) is 0. The molecule has 0 aliphatic rings. The molecule has 3 aromatic rings. The van der Waals surface area contributed by atoms with Gasteiger partial charge < -0.3 is 0 Å². The van der Waals surface area contributed by atoms with Gasteiger partial charge >= 0.3 is 0 Å². The Morgan fingerprint density at radius 3 is 2.75 bits per heavy atom. The van der Waals surface area contributed by atoms with Gasteiger partial charge in [-0.25, -0.2) is 4.98 Å². The molecule has 0 saturated carbocycles. The number of carbonyl (C=O) groups excluding carboxylic acids is 1. The van der Waals surface area contributed by atoms with Gasteiger partial charge in [0.05, 0.1) is 20.1 Å². The Morgan fingerprint density at radius 1 is 1.25 bits per heavy atom. The van der Waals surface area contributed by atoms with Crippen LogP contribution in [0.15, 0.2) is 28.7 Å². The van der Waals surface area contributed by atoms with Crippen molar-refractivity contribution in [2.24, 2.45) is 0 Å². The third-order valence-electron chi connectivity index (χ3n) is 2.47. The molecule has 0 radical (unpaired) electrons. The summed E-state index contributed by atoms with van der Waals surface area (Å²) in [5.74, 6) is -0.309. The van der Waals surface area contributed by atoms with E-state index in [1.54, 1.807) is 6.07 Å². The summed E-state index contributed by atoms with van der Waals surface area (Å²) in [6.07, 6.45) is 0. The Morgan fingerprint density at radius 2 is 2.05 bits per heavy atom. The number of anilines is 1. The molecule has 0 aliphatic heterocycles. The van der Waals surface area contributed by atoms with Crippen LogP contribution in [0.25, 0.3) is 10.2 Å². The molecule has 1 amide bonds. The van der Waals surface area contributed by atoms with Gasteiger partial charge in [0.15, 0.2) is 5.13 Å². The van der Waals surface area contributed by atoms with Gasteiger partial charge in [0.1, 0.15) is 4.34 Å². The van der Waals surface area contributed by atoms with Gasteiger partial charge in [0.25, 0.3) is 5.91 Å². The van der Waals surface area contributed by atoms with Crippen molar-refractivity contribution in [1.82, 2.24) is 4.98 Å². The van der Waals surface area contributed by atoms with Gasteiger partial charge in [-0.1, -0.05) is 50.5 Å². The molecule has 0 bridgehead atoms. The second-order valence-corrected chi connectivity index (χ2v) is 8.05. The van der Waals surface area contributed by atoms with Crippen LogP contribution in [0.4, 0.5) is 5.13 Å². The number of nitrogens with one attached hydrogen (secondary N) is 1. The number of rotatable bonds is 2. The van der Waals surface area contributed by atoms with Gasteiger partial charge in [-0.05, 0) is 24.3 Å². The molecule has 3 rings (SSSR count). The molecule has 8 heteroatoms. The van der Waals surface area contributed by atoms with Crippen molar-refractivity contribution in [3.8, 4) is 0 Å². The van der Waals surface area contributed by atoms with E-state index in [9.17, 15) is 4.79 Å². The monoisotopic (exact) mass is 406 g/mol. The number of hydrogen-bond donors (Lipinski definition) is 1. The molecule has 2 aromatic heterocycles. The Bertz CT molecular complexity index is 815. The highest BCUT2D eigenvalue weighted by molar-refractivity contribution is 9.10. The quantitative estimate of drug-likeness (QED) is 0.593. The van der Waals surface area contributed by atoms with Crippen molar-refractivity contribution in [2.45, 2.75) is 0 Å². The maximum absolute atomic E-state index is 12.1. The minimum absolute atomic E-state index is 0.309. The van der Waals surface area contributed by atoms with E-state index < -0.39 is 0 Å². The fourth-order valence-corrected chi connectivity index (χ4v) is 4.48. The van der Waals surface area contributed by atoms with Crippen LogP contribution in [0.5, 0.6) is 0 Å². The van der Waals surface area contributed by atoms with E-state index in [2.05, 4.69) is 26.2 Å². The van der Waals surface area contributed by atoms with Crippen LogP contribution < -0.4 is 5.32 Å².